The van der Waals surface area contributed by atoms with E-state index in [9.17, 15) is 0 Å². The first kappa shape index (κ1) is 24.6. The summed E-state index contributed by atoms with van der Waals surface area (Å²) in [6, 6.07) is 4.29. The minimum absolute atomic E-state index is 0.818. The first-order valence-electron chi connectivity index (χ1n) is 13.8. The van der Waals surface area contributed by atoms with Crippen LogP contribution in [0.4, 0.5) is 0 Å². The molecule has 1 aromatic heterocycles. The van der Waals surface area contributed by atoms with E-state index >= 15 is 0 Å². The molecular weight excluding hydrogens is 378 g/mol. The Hall–Kier alpha value is -1.05. The summed E-state index contributed by atoms with van der Waals surface area (Å²) < 4.78 is 5.79. The van der Waals surface area contributed by atoms with Crippen LogP contribution < -0.4 is 4.74 Å². The highest BCUT2D eigenvalue weighted by Crippen LogP contribution is 2.38. The van der Waals surface area contributed by atoms with E-state index in [4.69, 9.17) is 4.74 Å². The number of hydrogen-bond acceptors (Lipinski definition) is 2. The minimum Gasteiger partial charge on any atom is -0.492 e. The van der Waals surface area contributed by atoms with Crippen LogP contribution in [0.1, 0.15) is 122 Å². The second-order valence-electron chi connectivity index (χ2n) is 10.7. The molecule has 0 bridgehead atoms. The van der Waals surface area contributed by atoms with Gasteiger partial charge in [0, 0.05) is 5.69 Å². The number of rotatable bonds is 13. The maximum atomic E-state index is 5.79. The summed E-state index contributed by atoms with van der Waals surface area (Å²) in [6.07, 6.45) is 25.8. The summed E-state index contributed by atoms with van der Waals surface area (Å²) in [5.41, 5.74) is 1.24. The van der Waals surface area contributed by atoms with Gasteiger partial charge in [0.2, 0.25) is 0 Å². The topological polar surface area (TPSA) is 22.1 Å². The fourth-order valence-electron chi connectivity index (χ4n) is 6.04. The second-order valence-corrected chi connectivity index (χ2v) is 10.7. The molecule has 0 saturated heterocycles. The predicted molar refractivity (Wildman–Crippen MR) is 133 cm³/mol. The van der Waals surface area contributed by atoms with Gasteiger partial charge in [-0.15, -0.1) is 0 Å². The maximum absolute atomic E-state index is 5.79. The first-order chi connectivity index (χ1) is 15.3. The number of aromatic nitrogens is 1. The van der Waals surface area contributed by atoms with Crippen LogP contribution in [0, 0.1) is 23.7 Å². The zero-order valence-electron chi connectivity index (χ0n) is 20.6. The highest BCUT2D eigenvalue weighted by molar-refractivity contribution is 5.19. The quantitative estimate of drug-likeness (QED) is 0.293. The zero-order valence-corrected chi connectivity index (χ0v) is 20.6. The molecule has 0 unspecified atom stereocenters. The molecule has 2 nitrogen and oxygen atoms in total. The molecule has 1 heterocycles. The first-order valence-corrected chi connectivity index (χ1v) is 13.8. The number of ether oxygens (including phenoxy) is 1. The summed E-state index contributed by atoms with van der Waals surface area (Å²) in [5.74, 6) is 4.98. The second kappa shape index (κ2) is 14.2. The minimum atomic E-state index is 0.818. The molecular formula is C29H49NO. The Kier molecular flexibility index (Phi) is 11.2. The summed E-state index contributed by atoms with van der Waals surface area (Å²) in [7, 11) is 0. The SMILES string of the molecule is CCCCCOc1ccc(CCC2CCC(CCC3CCC(CCC)CC3)CC2)nc1. The average molecular weight is 428 g/mol. The van der Waals surface area contributed by atoms with Gasteiger partial charge in [-0.25, -0.2) is 0 Å². The molecule has 0 N–H and O–H groups in total. The lowest BCUT2D eigenvalue weighted by Gasteiger charge is -2.32. The number of nitrogens with zero attached hydrogens (tertiary/aromatic N) is 1. The van der Waals surface area contributed by atoms with Gasteiger partial charge in [0.25, 0.3) is 0 Å². The van der Waals surface area contributed by atoms with Crippen LogP contribution in [0.5, 0.6) is 5.75 Å². The standard InChI is InChI=1S/C29H49NO/c1-3-5-6-22-31-29-21-20-28(30-23-29)19-18-27-16-14-26(15-17-27)13-12-25-10-8-24(7-4-2)9-11-25/h20-21,23-27H,3-19,22H2,1-2H3. The molecule has 1 aromatic rings. The number of aryl methyl sites for hydroxylation is 1. The van der Waals surface area contributed by atoms with Gasteiger partial charge < -0.3 is 4.74 Å². The fraction of sp³-hybridized carbons (Fsp3) is 0.828. The van der Waals surface area contributed by atoms with E-state index in [0.29, 0.717) is 0 Å². The molecule has 31 heavy (non-hydrogen) atoms. The Balaban J connectivity index is 1.25. The van der Waals surface area contributed by atoms with Gasteiger partial charge in [0.1, 0.15) is 5.75 Å². The van der Waals surface area contributed by atoms with Crippen LogP contribution in [-0.2, 0) is 6.42 Å². The fourth-order valence-corrected chi connectivity index (χ4v) is 6.04. The Bertz CT molecular complexity index is 567. The van der Waals surface area contributed by atoms with Crippen molar-refractivity contribution < 1.29 is 4.74 Å². The Morgan fingerprint density at radius 3 is 1.81 bits per heavy atom. The van der Waals surface area contributed by atoms with Crippen LogP contribution in [0.2, 0.25) is 0 Å². The summed E-state index contributed by atoms with van der Waals surface area (Å²) in [5, 5.41) is 0. The van der Waals surface area contributed by atoms with Crippen molar-refractivity contribution in [2.45, 2.75) is 123 Å². The largest absolute Gasteiger partial charge is 0.492 e. The lowest BCUT2D eigenvalue weighted by Crippen LogP contribution is -2.18. The van der Waals surface area contributed by atoms with E-state index in [1.165, 1.54) is 102 Å². The molecule has 2 aliphatic rings. The van der Waals surface area contributed by atoms with Gasteiger partial charge in [-0.3, -0.25) is 4.98 Å². The smallest absolute Gasteiger partial charge is 0.137 e. The van der Waals surface area contributed by atoms with Gasteiger partial charge in [0.05, 0.1) is 12.8 Å². The predicted octanol–water partition coefficient (Wildman–Crippen LogP) is 8.78. The summed E-state index contributed by atoms with van der Waals surface area (Å²) >= 11 is 0. The van der Waals surface area contributed by atoms with Crippen LogP contribution in [-0.4, -0.2) is 11.6 Å². The third-order valence-electron chi connectivity index (χ3n) is 8.24. The molecule has 0 aliphatic heterocycles. The van der Waals surface area contributed by atoms with E-state index in [1.807, 2.05) is 6.20 Å². The summed E-state index contributed by atoms with van der Waals surface area (Å²) in [4.78, 5) is 4.65. The highest BCUT2D eigenvalue weighted by atomic mass is 16.5. The van der Waals surface area contributed by atoms with Crippen molar-refractivity contribution in [3.63, 3.8) is 0 Å². The van der Waals surface area contributed by atoms with Crippen molar-refractivity contribution in [1.29, 1.82) is 0 Å². The van der Waals surface area contributed by atoms with Crippen molar-refractivity contribution in [3.05, 3.63) is 24.0 Å². The lowest BCUT2D eigenvalue weighted by molar-refractivity contribution is 0.209. The van der Waals surface area contributed by atoms with E-state index < -0.39 is 0 Å². The van der Waals surface area contributed by atoms with E-state index in [1.54, 1.807) is 0 Å². The molecule has 0 atom stereocenters. The molecule has 0 radical (unpaired) electrons. The van der Waals surface area contributed by atoms with Crippen molar-refractivity contribution >= 4 is 0 Å². The van der Waals surface area contributed by atoms with Gasteiger partial charge >= 0.3 is 0 Å². The normalized spacial score (nSPS) is 26.6. The number of unbranched alkanes of at least 4 members (excludes halogenated alkanes) is 2. The van der Waals surface area contributed by atoms with Gasteiger partial charge in [-0.05, 0) is 55.1 Å². The molecule has 0 amide bonds. The Morgan fingerprint density at radius 1 is 0.710 bits per heavy atom. The molecule has 3 rings (SSSR count). The molecule has 0 spiro atoms. The van der Waals surface area contributed by atoms with E-state index in [0.717, 1.165) is 48.9 Å². The number of hydrogen-bond donors (Lipinski definition) is 0. The monoisotopic (exact) mass is 427 g/mol. The van der Waals surface area contributed by atoms with Crippen molar-refractivity contribution in [1.82, 2.24) is 4.98 Å². The molecule has 2 saturated carbocycles. The van der Waals surface area contributed by atoms with Crippen LogP contribution in [0.3, 0.4) is 0 Å². The molecule has 0 aromatic carbocycles. The number of pyridine rings is 1. The third-order valence-corrected chi connectivity index (χ3v) is 8.24. The van der Waals surface area contributed by atoms with E-state index in [2.05, 4.69) is 31.0 Å². The van der Waals surface area contributed by atoms with Crippen molar-refractivity contribution in [2.24, 2.45) is 23.7 Å². The Morgan fingerprint density at radius 2 is 1.29 bits per heavy atom. The van der Waals surface area contributed by atoms with Crippen LogP contribution >= 0.6 is 0 Å². The van der Waals surface area contributed by atoms with Gasteiger partial charge in [-0.1, -0.05) is 104 Å². The van der Waals surface area contributed by atoms with Crippen LogP contribution in [0.15, 0.2) is 18.3 Å². The lowest BCUT2D eigenvalue weighted by atomic mass is 9.74. The third kappa shape index (κ3) is 9.15. The molecule has 2 fully saturated rings. The van der Waals surface area contributed by atoms with Gasteiger partial charge in [-0.2, -0.15) is 0 Å². The van der Waals surface area contributed by atoms with Crippen LogP contribution in [0.25, 0.3) is 0 Å². The zero-order chi connectivity index (χ0) is 21.7. The average Bonchev–Trinajstić information content (AvgIpc) is 2.82. The molecule has 2 heteroatoms. The highest BCUT2D eigenvalue weighted by Gasteiger charge is 2.24. The van der Waals surface area contributed by atoms with E-state index in [-0.39, 0.29) is 0 Å². The molecule has 176 valence electrons. The van der Waals surface area contributed by atoms with Crippen molar-refractivity contribution in [2.75, 3.05) is 6.61 Å². The summed E-state index contributed by atoms with van der Waals surface area (Å²) in [6.45, 7) is 5.39. The molecule has 2 aliphatic carbocycles. The maximum Gasteiger partial charge on any atom is 0.137 e. The van der Waals surface area contributed by atoms with Crippen molar-refractivity contribution in [3.8, 4) is 5.75 Å². The van der Waals surface area contributed by atoms with Gasteiger partial charge in [0.15, 0.2) is 0 Å². The Labute approximate surface area is 193 Å².